The molecule has 18 heavy (non-hydrogen) atoms. The molecule has 0 amide bonds. The van der Waals surface area contributed by atoms with E-state index in [2.05, 4.69) is 4.90 Å². The lowest BCUT2D eigenvalue weighted by molar-refractivity contribution is 0.112. The number of carbonyl (C=O) groups is 1. The zero-order chi connectivity index (χ0) is 12.1. The fourth-order valence-corrected chi connectivity index (χ4v) is 2.97. The Balaban J connectivity index is 0.00000162. The van der Waals surface area contributed by atoms with E-state index in [1.54, 1.807) is 13.2 Å². The summed E-state index contributed by atoms with van der Waals surface area (Å²) in [6, 6.07) is 5.59. The number of carbonyl (C=O) groups excluding carboxylic acids is 1. The summed E-state index contributed by atoms with van der Waals surface area (Å²) >= 11 is 2.00. The van der Waals surface area contributed by atoms with Crippen LogP contribution in [0.3, 0.4) is 0 Å². The number of thioether (sulfide) groups is 1. The van der Waals surface area contributed by atoms with Gasteiger partial charge in [0.15, 0.2) is 0 Å². The van der Waals surface area contributed by atoms with Crippen molar-refractivity contribution in [3.63, 3.8) is 0 Å². The quantitative estimate of drug-likeness (QED) is 0.796. The first-order valence-electron chi connectivity index (χ1n) is 5.75. The van der Waals surface area contributed by atoms with Gasteiger partial charge in [-0.3, -0.25) is 9.69 Å². The van der Waals surface area contributed by atoms with Crippen LogP contribution in [0, 0.1) is 0 Å². The normalized spacial score (nSPS) is 15.8. The van der Waals surface area contributed by atoms with Crippen LogP contribution in [0.25, 0.3) is 0 Å². The minimum Gasteiger partial charge on any atom is -0.496 e. The number of ether oxygens (including phenoxy) is 1. The molecule has 0 radical (unpaired) electrons. The first-order chi connectivity index (χ1) is 8.33. The van der Waals surface area contributed by atoms with Gasteiger partial charge in [-0.1, -0.05) is 0 Å². The van der Waals surface area contributed by atoms with E-state index in [1.807, 2.05) is 23.9 Å². The maximum absolute atomic E-state index is 10.8. The molecule has 1 aromatic carbocycles. The van der Waals surface area contributed by atoms with Crippen molar-refractivity contribution in [1.29, 1.82) is 0 Å². The van der Waals surface area contributed by atoms with Crippen LogP contribution in [0.5, 0.6) is 5.75 Å². The summed E-state index contributed by atoms with van der Waals surface area (Å²) in [4.78, 5) is 13.2. The smallest absolute Gasteiger partial charge is 0.150 e. The van der Waals surface area contributed by atoms with Crippen LogP contribution in [0.4, 0.5) is 0 Å². The number of hydrogen-bond donors (Lipinski definition) is 0. The number of benzene rings is 1. The second-order valence-corrected chi connectivity index (χ2v) is 5.30. The predicted octanol–water partition coefficient (Wildman–Crippen LogP) is 2.48. The first-order valence-corrected chi connectivity index (χ1v) is 6.91. The SMILES string of the molecule is COc1ccc(C=O)cc1CN1CCSCC1.Cl. The molecular formula is C13H18ClNO2S. The Hall–Kier alpha value is -0.710. The van der Waals surface area contributed by atoms with Crippen LogP contribution >= 0.6 is 24.2 Å². The van der Waals surface area contributed by atoms with Crippen LogP contribution in [0.1, 0.15) is 15.9 Å². The number of rotatable bonds is 4. The van der Waals surface area contributed by atoms with Crippen molar-refractivity contribution in [2.75, 3.05) is 31.7 Å². The molecule has 1 heterocycles. The Morgan fingerprint density at radius 1 is 1.39 bits per heavy atom. The highest BCUT2D eigenvalue weighted by molar-refractivity contribution is 7.99. The largest absolute Gasteiger partial charge is 0.496 e. The molecule has 0 N–H and O–H groups in total. The molecule has 0 atom stereocenters. The minimum absolute atomic E-state index is 0. The summed E-state index contributed by atoms with van der Waals surface area (Å²) in [6.45, 7) is 3.09. The number of aldehydes is 1. The van der Waals surface area contributed by atoms with Gasteiger partial charge in [-0.05, 0) is 18.2 Å². The van der Waals surface area contributed by atoms with Crippen LogP contribution in [-0.2, 0) is 6.54 Å². The van der Waals surface area contributed by atoms with Gasteiger partial charge in [-0.25, -0.2) is 0 Å². The molecule has 3 nitrogen and oxygen atoms in total. The number of halogens is 1. The Labute approximate surface area is 118 Å². The predicted molar refractivity (Wildman–Crippen MR) is 78.2 cm³/mol. The molecule has 0 aliphatic carbocycles. The molecule has 1 aromatic rings. The van der Waals surface area contributed by atoms with E-state index in [0.717, 1.165) is 37.2 Å². The van der Waals surface area contributed by atoms with Crippen LogP contribution in [0.15, 0.2) is 18.2 Å². The molecule has 0 aromatic heterocycles. The molecule has 0 unspecified atom stereocenters. The lowest BCUT2D eigenvalue weighted by Gasteiger charge is -2.26. The molecule has 100 valence electrons. The van der Waals surface area contributed by atoms with Gasteiger partial charge in [0, 0.05) is 42.3 Å². The van der Waals surface area contributed by atoms with E-state index in [-0.39, 0.29) is 12.4 Å². The van der Waals surface area contributed by atoms with E-state index < -0.39 is 0 Å². The number of nitrogens with zero attached hydrogens (tertiary/aromatic N) is 1. The van der Waals surface area contributed by atoms with Crippen molar-refractivity contribution >= 4 is 30.5 Å². The fraction of sp³-hybridized carbons (Fsp3) is 0.462. The lowest BCUT2D eigenvalue weighted by Crippen LogP contribution is -2.32. The molecule has 1 saturated heterocycles. The first kappa shape index (κ1) is 15.3. The second-order valence-electron chi connectivity index (χ2n) is 4.08. The third-order valence-corrected chi connectivity index (χ3v) is 3.88. The maximum atomic E-state index is 10.8. The van der Waals surface area contributed by atoms with E-state index in [9.17, 15) is 4.79 Å². The molecule has 0 saturated carbocycles. The van der Waals surface area contributed by atoms with E-state index in [4.69, 9.17) is 4.74 Å². The molecule has 1 fully saturated rings. The van der Waals surface area contributed by atoms with Gasteiger partial charge in [0.1, 0.15) is 12.0 Å². The Kier molecular flexibility index (Phi) is 6.54. The van der Waals surface area contributed by atoms with Crippen molar-refractivity contribution < 1.29 is 9.53 Å². The summed E-state index contributed by atoms with van der Waals surface area (Å²) in [5, 5.41) is 0. The molecule has 5 heteroatoms. The third kappa shape index (κ3) is 3.90. The van der Waals surface area contributed by atoms with Gasteiger partial charge < -0.3 is 4.74 Å². The zero-order valence-corrected chi connectivity index (χ0v) is 12.1. The van der Waals surface area contributed by atoms with Crippen molar-refractivity contribution in [1.82, 2.24) is 4.90 Å². The average Bonchev–Trinajstić information content (AvgIpc) is 2.40. The monoisotopic (exact) mass is 287 g/mol. The lowest BCUT2D eigenvalue weighted by atomic mass is 10.1. The summed E-state index contributed by atoms with van der Waals surface area (Å²) in [6.07, 6.45) is 0.884. The molecule has 0 spiro atoms. The highest BCUT2D eigenvalue weighted by Gasteiger charge is 2.13. The van der Waals surface area contributed by atoms with Gasteiger partial charge in [-0.15, -0.1) is 12.4 Å². The Bertz CT molecular complexity index is 395. The number of hydrogen-bond acceptors (Lipinski definition) is 4. The van der Waals surface area contributed by atoms with Crippen LogP contribution in [-0.4, -0.2) is 42.9 Å². The molecule has 2 rings (SSSR count). The second kappa shape index (κ2) is 7.67. The van der Waals surface area contributed by atoms with Crippen molar-refractivity contribution in [2.24, 2.45) is 0 Å². The Morgan fingerprint density at radius 2 is 2.11 bits per heavy atom. The molecule has 0 bridgehead atoms. The van der Waals surface area contributed by atoms with E-state index >= 15 is 0 Å². The topological polar surface area (TPSA) is 29.5 Å². The Morgan fingerprint density at radius 3 is 2.72 bits per heavy atom. The third-order valence-electron chi connectivity index (χ3n) is 2.94. The summed E-state index contributed by atoms with van der Waals surface area (Å²) in [5.74, 6) is 3.25. The molecular weight excluding hydrogens is 270 g/mol. The van der Waals surface area contributed by atoms with Crippen molar-refractivity contribution in [3.05, 3.63) is 29.3 Å². The average molecular weight is 288 g/mol. The van der Waals surface area contributed by atoms with Crippen LogP contribution in [0.2, 0.25) is 0 Å². The maximum Gasteiger partial charge on any atom is 0.150 e. The summed E-state index contributed by atoms with van der Waals surface area (Å²) < 4.78 is 5.34. The minimum atomic E-state index is 0. The van der Waals surface area contributed by atoms with Gasteiger partial charge in [0.2, 0.25) is 0 Å². The highest BCUT2D eigenvalue weighted by atomic mass is 35.5. The highest BCUT2D eigenvalue weighted by Crippen LogP contribution is 2.22. The van der Waals surface area contributed by atoms with E-state index in [1.165, 1.54) is 11.5 Å². The number of methoxy groups -OCH3 is 1. The zero-order valence-electron chi connectivity index (χ0n) is 10.4. The van der Waals surface area contributed by atoms with Gasteiger partial charge in [0.05, 0.1) is 7.11 Å². The van der Waals surface area contributed by atoms with Crippen molar-refractivity contribution in [3.8, 4) is 5.75 Å². The summed E-state index contributed by atoms with van der Waals surface area (Å²) in [5.41, 5.74) is 1.82. The molecule has 1 aliphatic rings. The summed E-state index contributed by atoms with van der Waals surface area (Å²) in [7, 11) is 1.67. The van der Waals surface area contributed by atoms with Crippen molar-refractivity contribution in [2.45, 2.75) is 6.54 Å². The fourth-order valence-electron chi connectivity index (χ4n) is 2.00. The van der Waals surface area contributed by atoms with E-state index in [0.29, 0.717) is 5.56 Å². The van der Waals surface area contributed by atoms with Gasteiger partial charge >= 0.3 is 0 Å². The van der Waals surface area contributed by atoms with Crippen LogP contribution < -0.4 is 4.74 Å². The standard InChI is InChI=1S/C13H17NO2S.ClH/c1-16-13-3-2-11(10-15)8-12(13)9-14-4-6-17-7-5-14;/h2-3,8,10H,4-7,9H2,1H3;1H. The van der Waals surface area contributed by atoms with Gasteiger partial charge in [0.25, 0.3) is 0 Å². The van der Waals surface area contributed by atoms with Gasteiger partial charge in [-0.2, -0.15) is 11.8 Å². The molecule has 1 aliphatic heterocycles.